The van der Waals surface area contributed by atoms with E-state index >= 15 is 0 Å². The molecule has 2 heterocycles. The van der Waals surface area contributed by atoms with E-state index in [0.717, 1.165) is 13.1 Å². The van der Waals surface area contributed by atoms with Gasteiger partial charge in [0.15, 0.2) is 12.0 Å². The lowest BCUT2D eigenvalue weighted by Crippen LogP contribution is -2.67. The standard InChI is InChI=1S/C7H10N2O4.C4H9N3/c1-2-3-4(6(11)12)9(5(3)10)7(8)13;5-4(6)7-2-1-3-7/h3-4H,2H2,1H3,(H2,8,13)(H,11,12);1-3H2,(H3,5,6). The highest BCUT2D eigenvalue weighted by molar-refractivity contribution is 6.07. The number of carboxylic acids is 1. The van der Waals surface area contributed by atoms with Crippen molar-refractivity contribution in [1.29, 1.82) is 5.41 Å². The number of carbonyl (C=O) groups excluding carboxylic acids is 2. The molecule has 0 aliphatic carbocycles. The highest BCUT2D eigenvalue weighted by atomic mass is 16.4. The number of imide groups is 1. The lowest BCUT2D eigenvalue weighted by molar-refractivity contribution is -0.165. The zero-order chi connectivity index (χ0) is 15.4. The molecule has 3 amide bonds. The summed E-state index contributed by atoms with van der Waals surface area (Å²) in [5.74, 6) is -2.08. The van der Waals surface area contributed by atoms with Gasteiger partial charge in [0.2, 0.25) is 5.91 Å². The van der Waals surface area contributed by atoms with Crippen LogP contribution in [0.4, 0.5) is 4.79 Å². The molecule has 0 aromatic rings. The lowest BCUT2D eigenvalue weighted by atomic mass is 9.85. The number of likely N-dealkylation sites (tertiary alicyclic amines) is 2. The summed E-state index contributed by atoms with van der Waals surface area (Å²) in [6.45, 7) is 3.65. The Morgan fingerprint density at radius 1 is 1.40 bits per heavy atom. The Kier molecular flexibility index (Phi) is 4.89. The summed E-state index contributed by atoms with van der Waals surface area (Å²) >= 11 is 0. The predicted octanol–water partition coefficient (Wildman–Crippen LogP) is -1.03. The lowest BCUT2D eigenvalue weighted by Gasteiger charge is -2.41. The molecule has 2 aliphatic rings. The van der Waals surface area contributed by atoms with E-state index in [4.69, 9.17) is 22.0 Å². The molecule has 2 unspecified atom stereocenters. The van der Waals surface area contributed by atoms with Crippen LogP contribution in [0.15, 0.2) is 0 Å². The van der Waals surface area contributed by atoms with Crippen LogP contribution in [-0.4, -0.2) is 57.9 Å². The van der Waals surface area contributed by atoms with Crippen LogP contribution < -0.4 is 11.5 Å². The van der Waals surface area contributed by atoms with Gasteiger partial charge in [-0.25, -0.2) is 14.5 Å². The third-order valence-corrected chi connectivity index (χ3v) is 3.34. The van der Waals surface area contributed by atoms with Gasteiger partial charge in [0.25, 0.3) is 0 Å². The van der Waals surface area contributed by atoms with Gasteiger partial charge in [-0.15, -0.1) is 0 Å². The SMILES string of the molecule is CCC1C(=O)N(C(N)=O)C1C(=O)O.N=C(N)N1CCC1. The van der Waals surface area contributed by atoms with Gasteiger partial charge in [0, 0.05) is 13.1 Å². The first-order valence-electron chi connectivity index (χ1n) is 6.25. The smallest absolute Gasteiger partial charge is 0.327 e. The van der Waals surface area contributed by atoms with Gasteiger partial charge < -0.3 is 21.5 Å². The second kappa shape index (κ2) is 6.22. The first kappa shape index (κ1) is 15.7. The number of β-lactam (4-membered cyclic amide) rings is 1. The van der Waals surface area contributed by atoms with Gasteiger partial charge in [-0.05, 0) is 12.8 Å². The summed E-state index contributed by atoms with van der Waals surface area (Å²) in [4.78, 5) is 34.8. The Hall–Kier alpha value is -2.32. The molecule has 0 spiro atoms. The van der Waals surface area contributed by atoms with Gasteiger partial charge in [-0.3, -0.25) is 10.2 Å². The van der Waals surface area contributed by atoms with Crippen molar-refractivity contribution in [3.63, 3.8) is 0 Å². The number of hydrogen-bond donors (Lipinski definition) is 4. The van der Waals surface area contributed by atoms with Crippen LogP contribution >= 0.6 is 0 Å². The maximum atomic E-state index is 11.1. The van der Waals surface area contributed by atoms with Crippen LogP contribution in [0.2, 0.25) is 0 Å². The van der Waals surface area contributed by atoms with Gasteiger partial charge in [-0.1, -0.05) is 6.92 Å². The monoisotopic (exact) mass is 285 g/mol. The summed E-state index contributed by atoms with van der Waals surface area (Å²) in [5.41, 5.74) is 9.94. The summed E-state index contributed by atoms with van der Waals surface area (Å²) in [7, 11) is 0. The van der Waals surface area contributed by atoms with Crippen LogP contribution in [0.5, 0.6) is 0 Å². The normalized spacial score (nSPS) is 23.9. The van der Waals surface area contributed by atoms with Crippen LogP contribution in [0.3, 0.4) is 0 Å². The number of rotatable bonds is 2. The number of nitrogens with one attached hydrogen (secondary N) is 1. The zero-order valence-corrected chi connectivity index (χ0v) is 11.2. The fourth-order valence-electron chi connectivity index (χ4n) is 2.03. The molecule has 2 fully saturated rings. The minimum atomic E-state index is -1.19. The van der Waals surface area contributed by atoms with Gasteiger partial charge in [0.1, 0.15) is 0 Å². The quantitative estimate of drug-likeness (QED) is 0.289. The van der Waals surface area contributed by atoms with Crippen LogP contribution in [0.1, 0.15) is 19.8 Å². The summed E-state index contributed by atoms with van der Waals surface area (Å²) in [6, 6.07) is -2.07. The molecule has 0 bridgehead atoms. The van der Waals surface area contributed by atoms with E-state index in [-0.39, 0.29) is 5.96 Å². The average molecular weight is 285 g/mol. The number of guanidine groups is 1. The van der Waals surface area contributed by atoms with Crippen molar-refractivity contribution in [2.75, 3.05) is 13.1 Å². The van der Waals surface area contributed by atoms with Crippen LogP contribution in [-0.2, 0) is 9.59 Å². The van der Waals surface area contributed by atoms with Crippen molar-refractivity contribution in [3.05, 3.63) is 0 Å². The van der Waals surface area contributed by atoms with E-state index in [1.54, 1.807) is 6.92 Å². The average Bonchev–Trinajstić information content (AvgIpc) is 2.22. The Balaban J connectivity index is 0.000000240. The van der Waals surface area contributed by atoms with Crippen molar-refractivity contribution >= 4 is 23.9 Å². The molecule has 0 aromatic heterocycles. The minimum Gasteiger partial charge on any atom is -0.480 e. The Bertz CT molecular complexity index is 435. The van der Waals surface area contributed by atoms with E-state index in [2.05, 4.69) is 0 Å². The topological polar surface area (TPSA) is 154 Å². The fraction of sp³-hybridized carbons (Fsp3) is 0.636. The third-order valence-electron chi connectivity index (χ3n) is 3.34. The van der Waals surface area contributed by atoms with Crippen molar-refractivity contribution in [2.24, 2.45) is 17.4 Å². The number of amides is 3. The molecular formula is C11H19N5O4. The van der Waals surface area contributed by atoms with Crippen LogP contribution in [0.25, 0.3) is 0 Å². The van der Waals surface area contributed by atoms with E-state index in [9.17, 15) is 14.4 Å². The number of hydrogen-bond acceptors (Lipinski definition) is 4. The second-order valence-electron chi connectivity index (χ2n) is 4.57. The molecule has 0 saturated carbocycles. The molecule has 9 heteroatoms. The summed E-state index contributed by atoms with van der Waals surface area (Å²) in [5, 5.41) is 15.5. The number of nitrogens with zero attached hydrogens (tertiary/aromatic N) is 2. The van der Waals surface area contributed by atoms with E-state index < -0.39 is 29.9 Å². The van der Waals surface area contributed by atoms with Crippen molar-refractivity contribution in [3.8, 4) is 0 Å². The number of carboxylic acid groups (broad SMARTS) is 1. The molecule has 2 atom stereocenters. The molecule has 0 aromatic carbocycles. The Morgan fingerprint density at radius 2 is 1.95 bits per heavy atom. The molecule has 9 nitrogen and oxygen atoms in total. The number of urea groups is 1. The highest BCUT2D eigenvalue weighted by Gasteiger charge is 2.53. The highest BCUT2D eigenvalue weighted by Crippen LogP contribution is 2.29. The zero-order valence-electron chi connectivity index (χ0n) is 11.2. The van der Waals surface area contributed by atoms with Crippen molar-refractivity contribution in [2.45, 2.75) is 25.8 Å². The number of aliphatic carboxylic acids is 1. The Morgan fingerprint density at radius 3 is 2.15 bits per heavy atom. The van der Waals surface area contributed by atoms with Crippen molar-refractivity contribution < 1.29 is 19.5 Å². The number of carbonyl (C=O) groups is 3. The molecule has 20 heavy (non-hydrogen) atoms. The first-order chi connectivity index (χ1) is 9.31. The molecule has 6 N–H and O–H groups in total. The second-order valence-corrected chi connectivity index (χ2v) is 4.57. The predicted molar refractivity (Wildman–Crippen MR) is 69.7 cm³/mol. The third kappa shape index (κ3) is 2.98. The fourth-order valence-corrected chi connectivity index (χ4v) is 2.03. The molecule has 2 aliphatic heterocycles. The van der Waals surface area contributed by atoms with Gasteiger partial charge in [-0.2, -0.15) is 0 Å². The summed E-state index contributed by atoms with van der Waals surface area (Å²) in [6.07, 6.45) is 1.60. The molecule has 0 radical (unpaired) electrons. The van der Waals surface area contributed by atoms with Gasteiger partial charge in [0.05, 0.1) is 5.92 Å². The molecular weight excluding hydrogens is 266 g/mol. The molecule has 2 saturated heterocycles. The maximum absolute atomic E-state index is 11.1. The number of nitrogens with two attached hydrogens (primary N) is 2. The molecule has 2 rings (SSSR count). The first-order valence-corrected chi connectivity index (χ1v) is 6.25. The van der Waals surface area contributed by atoms with E-state index in [1.807, 2.05) is 4.90 Å². The van der Waals surface area contributed by atoms with Crippen molar-refractivity contribution in [1.82, 2.24) is 9.80 Å². The maximum Gasteiger partial charge on any atom is 0.327 e. The minimum absolute atomic E-state index is 0.214. The number of primary amides is 1. The van der Waals surface area contributed by atoms with E-state index in [1.165, 1.54) is 6.42 Å². The molecule has 112 valence electrons. The van der Waals surface area contributed by atoms with E-state index in [0.29, 0.717) is 11.3 Å². The van der Waals surface area contributed by atoms with Gasteiger partial charge >= 0.3 is 12.0 Å². The summed E-state index contributed by atoms with van der Waals surface area (Å²) < 4.78 is 0. The Labute approximate surface area is 116 Å². The largest absolute Gasteiger partial charge is 0.480 e. The van der Waals surface area contributed by atoms with Crippen LogP contribution in [0, 0.1) is 11.3 Å².